The molecule has 1 unspecified atom stereocenters. The van der Waals surface area contributed by atoms with Crippen molar-refractivity contribution in [2.45, 2.75) is 38.5 Å². The Morgan fingerprint density at radius 1 is 1.12 bits per heavy atom. The smallest absolute Gasteiger partial charge is 0.303 e. The van der Waals surface area contributed by atoms with Gasteiger partial charge in [-0.25, -0.2) is 0 Å². The summed E-state index contributed by atoms with van der Waals surface area (Å²) in [6, 6.07) is 0. The minimum absolute atomic E-state index is 0.169. The summed E-state index contributed by atoms with van der Waals surface area (Å²) in [6.45, 7) is 1.40. The minimum Gasteiger partial charge on any atom is -0.481 e. The maximum absolute atomic E-state index is 11.9. The molecule has 4 heteroatoms. The SMILES string of the molecule is O=C(O)CC1CCN(C(=O)CC2CCC2)C1. The third kappa shape index (κ3) is 2.74. The lowest BCUT2D eigenvalue weighted by molar-refractivity contribution is -0.138. The first-order chi connectivity index (χ1) is 7.65. The fourth-order valence-electron chi connectivity index (χ4n) is 2.55. The highest BCUT2D eigenvalue weighted by molar-refractivity contribution is 5.77. The van der Waals surface area contributed by atoms with E-state index < -0.39 is 5.97 Å². The molecule has 1 aliphatic heterocycles. The first-order valence-corrected chi connectivity index (χ1v) is 6.14. The number of carboxylic acids is 1. The number of rotatable bonds is 4. The second-order valence-electron chi connectivity index (χ2n) is 5.09. The highest BCUT2D eigenvalue weighted by Crippen LogP contribution is 2.31. The van der Waals surface area contributed by atoms with Gasteiger partial charge in [-0.3, -0.25) is 9.59 Å². The summed E-state index contributed by atoms with van der Waals surface area (Å²) in [4.78, 5) is 24.3. The highest BCUT2D eigenvalue weighted by atomic mass is 16.4. The van der Waals surface area contributed by atoms with E-state index in [0.717, 1.165) is 13.0 Å². The number of likely N-dealkylation sites (tertiary alicyclic amines) is 1. The van der Waals surface area contributed by atoms with Crippen LogP contribution in [0.2, 0.25) is 0 Å². The maximum Gasteiger partial charge on any atom is 0.303 e. The van der Waals surface area contributed by atoms with E-state index in [4.69, 9.17) is 5.11 Å². The zero-order valence-corrected chi connectivity index (χ0v) is 9.52. The van der Waals surface area contributed by atoms with Crippen LogP contribution in [0, 0.1) is 11.8 Å². The average Bonchev–Trinajstić information content (AvgIpc) is 2.58. The summed E-state index contributed by atoms with van der Waals surface area (Å²) < 4.78 is 0. The van der Waals surface area contributed by atoms with Crippen LogP contribution in [0.1, 0.15) is 38.5 Å². The van der Waals surface area contributed by atoms with Crippen LogP contribution >= 0.6 is 0 Å². The molecule has 1 atom stereocenters. The topological polar surface area (TPSA) is 57.6 Å². The maximum atomic E-state index is 11.9. The van der Waals surface area contributed by atoms with E-state index >= 15 is 0 Å². The Bertz CT molecular complexity index is 286. The van der Waals surface area contributed by atoms with Gasteiger partial charge in [-0.2, -0.15) is 0 Å². The van der Waals surface area contributed by atoms with Gasteiger partial charge in [0.25, 0.3) is 0 Å². The molecule has 16 heavy (non-hydrogen) atoms. The van der Waals surface area contributed by atoms with Gasteiger partial charge in [0.2, 0.25) is 5.91 Å². The van der Waals surface area contributed by atoms with Gasteiger partial charge < -0.3 is 10.0 Å². The van der Waals surface area contributed by atoms with Crippen molar-refractivity contribution in [3.8, 4) is 0 Å². The molecule has 1 aliphatic carbocycles. The molecule has 0 bridgehead atoms. The molecule has 2 aliphatic rings. The number of nitrogens with zero attached hydrogens (tertiary/aromatic N) is 1. The van der Waals surface area contributed by atoms with Crippen molar-refractivity contribution in [2.24, 2.45) is 11.8 Å². The van der Waals surface area contributed by atoms with E-state index in [9.17, 15) is 9.59 Å². The fourth-order valence-corrected chi connectivity index (χ4v) is 2.55. The fraction of sp³-hybridized carbons (Fsp3) is 0.833. The number of carbonyl (C=O) groups is 2. The lowest BCUT2D eigenvalue weighted by Crippen LogP contribution is -2.31. The van der Waals surface area contributed by atoms with Crippen LogP contribution in [0.4, 0.5) is 0 Å². The van der Waals surface area contributed by atoms with Gasteiger partial charge >= 0.3 is 5.97 Å². The summed E-state index contributed by atoms with van der Waals surface area (Å²) in [7, 11) is 0. The summed E-state index contributed by atoms with van der Waals surface area (Å²) in [6.07, 6.45) is 5.38. The predicted molar refractivity (Wildman–Crippen MR) is 58.9 cm³/mol. The van der Waals surface area contributed by atoms with Crippen LogP contribution in [0.5, 0.6) is 0 Å². The molecule has 1 saturated heterocycles. The number of amides is 1. The largest absolute Gasteiger partial charge is 0.481 e. The molecule has 0 spiro atoms. The number of carboxylic acid groups (broad SMARTS) is 1. The number of carbonyl (C=O) groups excluding carboxylic acids is 1. The van der Waals surface area contributed by atoms with Crippen molar-refractivity contribution >= 4 is 11.9 Å². The molecule has 1 N–H and O–H groups in total. The Morgan fingerprint density at radius 2 is 1.88 bits per heavy atom. The van der Waals surface area contributed by atoms with Crippen molar-refractivity contribution in [3.63, 3.8) is 0 Å². The summed E-state index contributed by atoms with van der Waals surface area (Å²) in [5.74, 6) is 0.254. The van der Waals surface area contributed by atoms with E-state index in [1.807, 2.05) is 4.90 Å². The first-order valence-electron chi connectivity index (χ1n) is 6.14. The first kappa shape index (κ1) is 11.4. The predicted octanol–water partition coefficient (Wildman–Crippen LogP) is 1.50. The average molecular weight is 225 g/mol. The van der Waals surface area contributed by atoms with Crippen molar-refractivity contribution in [1.82, 2.24) is 4.90 Å². The number of hydrogen-bond acceptors (Lipinski definition) is 2. The van der Waals surface area contributed by atoms with Crippen LogP contribution < -0.4 is 0 Å². The third-order valence-electron chi connectivity index (χ3n) is 3.79. The number of hydrogen-bond donors (Lipinski definition) is 1. The molecular formula is C12H19NO3. The second-order valence-corrected chi connectivity index (χ2v) is 5.09. The van der Waals surface area contributed by atoms with E-state index in [2.05, 4.69) is 0 Å². The molecule has 1 amide bonds. The second kappa shape index (κ2) is 4.85. The van der Waals surface area contributed by atoms with Crippen molar-refractivity contribution < 1.29 is 14.7 Å². The van der Waals surface area contributed by atoms with E-state index in [1.165, 1.54) is 19.3 Å². The van der Waals surface area contributed by atoms with Crippen LogP contribution in [-0.2, 0) is 9.59 Å². The Morgan fingerprint density at radius 3 is 2.44 bits per heavy atom. The zero-order chi connectivity index (χ0) is 11.5. The van der Waals surface area contributed by atoms with Crippen LogP contribution in [0.3, 0.4) is 0 Å². The van der Waals surface area contributed by atoms with E-state index in [1.54, 1.807) is 0 Å². The van der Waals surface area contributed by atoms with Gasteiger partial charge in [0.1, 0.15) is 0 Å². The van der Waals surface area contributed by atoms with Crippen molar-refractivity contribution in [2.75, 3.05) is 13.1 Å². The van der Waals surface area contributed by atoms with E-state index in [-0.39, 0.29) is 18.2 Å². The number of aliphatic carboxylic acids is 1. The monoisotopic (exact) mass is 225 g/mol. The Labute approximate surface area is 95.6 Å². The molecule has 90 valence electrons. The van der Waals surface area contributed by atoms with Crippen LogP contribution in [-0.4, -0.2) is 35.0 Å². The quantitative estimate of drug-likeness (QED) is 0.788. The molecule has 0 aromatic rings. The van der Waals surface area contributed by atoms with Crippen LogP contribution in [0.25, 0.3) is 0 Å². The van der Waals surface area contributed by atoms with E-state index in [0.29, 0.717) is 18.9 Å². The van der Waals surface area contributed by atoms with Crippen LogP contribution in [0.15, 0.2) is 0 Å². The van der Waals surface area contributed by atoms with Gasteiger partial charge in [-0.05, 0) is 31.1 Å². The molecular weight excluding hydrogens is 206 g/mol. The zero-order valence-electron chi connectivity index (χ0n) is 9.52. The summed E-state index contributed by atoms with van der Waals surface area (Å²) >= 11 is 0. The Kier molecular flexibility index (Phi) is 3.46. The molecule has 2 fully saturated rings. The highest BCUT2D eigenvalue weighted by Gasteiger charge is 2.30. The minimum atomic E-state index is -0.752. The van der Waals surface area contributed by atoms with Gasteiger partial charge in [0, 0.05) is 25.9 Å². The molecule has 1 saturated carbocycles. The van der Waals surface area contributed by atoms with Gasteiger partial charge in [0.15, 0.2) is 0 Å². The molecule has 0 aromatic heterocycles. The lowest BCUT2D eigenvalue weighted by Gasteiger charge is -2.27. The Hall–Kier alpha value is -1.06. The molecule has 1 heterocycles. The van der Waals surface area contributed by atoms with Gasteiger partial charge in [0.05, 0.1) is 0 Å². The van der Waals surface area contributed by atoms with Crippen molar-refractivity contribution in [3.05, 3.63) is 0 Å². The lowest BCUT2D eigenvalue weighted by atomic mass is 9.83. The van der Waals surface area contributed by atoms with Gasteiger partial charge in [-0.1, -0.05) is 6.42 Å². The molecule has 0 aromatic carbocycles. The molecule has 0 radical (unpaired) electrons. The standard InChI is InChI=1S/C12H19NO3/c14-11(6-9-2-1-3-9)13-5-4-10(8-13)7-12(15)16/h9-10H,1-8H2,(H,15,16). The molecule has 4 nitrogen and oxygen atoms in total. The van der Waals surface area contributed by atoms with Crippen molar-refractivity contribution in [1.29, 1.82) is 0 Å². The normalized spacial score (nSPS) is 25.5. The summed E-state index contributed by atoms with van der Waals surface area (Å²) in [5, 5.41) is 8.69. The third-order valence-corrected chi connectivity index (χ3v) is 3.79. The summed E-state index contributed by atoms with van der Waals surface area (Å²) in [5.41, 5.74) is 0. The Balaban J connectivity index is 1.74. The van der Waals surface area contributed by atoms with Gasteiger partial charge in [-0.15, -0.1) is 0 Å². The molecule has 2 rings (SSSR count).